The largest absolute Gasteiger partial charge is 0.481 e. The van der Waals surface area contributed by atoms with Gasteiger partial charge in [-0.1, -0.05) is 37.1 Å². The first-order valence-electron chi connectivity index (χ1n) is 17.1. The Bertz CT molecular complexity index is 1380. The maximum Gasteiger partial charge on any atom is 0.303 e. The number of aliphatic carboxylic acids is 1. The number of fused-ring (bicyclic) bond motifs is 5. The SMILES string of the molecule is CCC1CC2CC(C1)CC(N1[C@@H]3CCC[C@H]1CC(n1c(=O)c(C(CCC(=O)O)=NOCCN(C)C)nc4ccccc41)C3)C2. The van der Waals surface area contributed by atoms with Gasteiger partial charge in [0, 0.05) is 37.1 Å². The summed E-state index contributed by atoms with van der Waals surface area (Å²) in [6.07, 6.45) is 13.8. The highest BCUT2D eigenvalue weighted by molar-refractivity contribution is 6.00. The lowest BCUT2D eigenvalue weighted by atomic mass is 9.64. The molecular weight excluding hydrogens is 554 g/mol. The number of benzene rings is 1. The minimum absolute atomic E-state index is 0.0728. The van der Waals surface area contributed by atoms with Gasteiger partial charge in [-0.3, -0.25) is 14.5 Å². The Kier molecular flexibility index (Phi) is 9.71. The van der Waals surface area contributed by atoms with E-state index < -0.39 is 5.97 Å². The van der Waals surface area contributed by atoms with Crippen molar-refractivity contribution in [1.82, 2.24) is 19.4 Å². The van der Waals surface area contributed by atoms with Crippen LogP contribution in [0.15, 0.2) is 34.2 Å². The third-order valence-corrected chi connectivity index (χ3v) is 11.0. The zero-order chi connectivity index (χ0) is 30.8. The zero-order valence-corrected chi connectivity index (χ0v) is 26.9. The van der Waals surface area contributed by atoms with Crippen LogP contribution in [0.2, 0.25) is 0 Å². The Morgan fingerprint density at radius 2 is 1.68 bits per heavy atom. The van der Waals surface area contributed by atoms with Gasteiger partial charge in [-0.15, -0.1) is 0 Å². The smallest absolute Gasteiger partial charge is 0.303 e. The van der Waals surface area contributed by atoms with Crippen LogP contribution in [-0.4, -0.2) is 81.5 Å². The molecule has 3 unspecified atom stereocenters. The quantitative estimate of drug-likeness (QED) is 0.199. The molecule has 6 rings (SSSR count). The molecule has 0 radical (unpaired) electrons. The molecule has 44 heavy (non-hydrogen) atoms. The number of nitrogens with zero attached hydrogens (tertiary/aromatic N) is 5. The Morgan fingerprint density at radius 1 is 0.977 bits per heavy atom. The molecule has 1 aromatic heterocycles. The standard InChI is InChI=1S/C35H51N5O4/c1-4-23-16-24-18-25(17-23)20-28(19-24)39-26-8-7-9-27(39)22-29(21-26)40-32-11-6-5-10-30(32)36-34(35(40)43)31(12-13-33(41)42)37-44-15-14-38(2)3/h5-6,10-11,23-29H,4,7-9,12-22H2,1-3H3,(H,41,42)/t23?,24?,25?,26-,27+,28?,29?. The second kappa shape index (κ2) is 13.7. The Morgan fingerprint density at radius 3 is 2.34 bits per heavy atom. The summed E-state index contributed by atoms with van der Waals surface area (Å²) in [6.45, 7) is 3.37. The third-order valence-electron chi connectivity index (χ3n) is 11.0. The van der Waals surface area contributed by atoms with Gasteiger partial charge < -0.3 is 19.4 Å². The molecule has 5 atom stereocenters. The summed E-state index contributed by atoms with van der Waals surface area (Å²) in [4.78, 5) is 41.2. The first-order chi connectivity index (χ1) is 21.3. The van der Waals surface area contributed by atoms with Crippen LogP contribution in [-0.2, 0) is 9.63 Å². The van der Waals surface area contributed by atoms with Crippen molar-refractivity contribution >= 4 is 22.7 Å². The van der Waals surface area contributed by atoms with Crippen LogP contribution in [0.5, 0.6) is 0 Å². The highest BCUT2D eigenvalue weighted by atomic mass is 16.6. The van der Waals surface area contributed by atoms with Gasteiger partial charge >= 0.3 is 5.97 Å². The number of carbonyl (C=O) groups is 1. The molecule has 4 bridgehead atoms. The van der Waals surface area contributed by atoms with Crippen LogP contribution < -0.4 is 5.56 Å². The first-order valence-corrected chi connectivity index (χ1v) is 17.1. The molecule has 1 aromatic carbocycles. The fourth-order valence-electron chi connectivity index (χ4n) is 9.21. The number of para-hydroxylation sites is 2. The van der Waals surface area contributed by atoms with Crippen molar-refractivity contribution < 1.29 is 14.7 Å². The highest BCUT2D eigenvalue weighted by Crippen LogP contribution is 2.49. The van der Waals surface area contributed by atoms with Crippen LogP contribution in [0.3, 0.4) is 0 Å². The number of hydrogen-bond donors (Lipinski definition) is 1. The lowest BCUT2D eigenvalue weighted by Crippen LogP contribution is -2.59. The molecular formula is C35H51N5O4. The molecule has 2 aliphatic heterocycles. The van der Waals surface area contributed by atoms with E-state index in [-0.39, 0.29) is 30.1 Å². The van der Waals surface area contributed by atoms with Crippen LogP contribution in [0.1, 0.15) is 102 Å². The van der Waals surface area contributed by atoms with Crippen molar-refractivity contribution in [3.63, 3.8) is 0 Å². The van der Waals surface area contributed by atoms with E-state index in [0.717, 1.165) is 41.6 Å². The molecule has 1 N–H and O–H groups in total. The topological polar surface area (TPSA) is 100 Å². The molecule has 9 nitrogen and oxygen atoms in total. The average molecular weight is 606 g/mol. The van der Waals surface area contributed by atoms with Crippen molar-refractivity contribution in [2.24, 2.45) is 22.9 Å². The number of likely N-dealkylation sites (N-methyl/N-ethyl adjacent to an activating group) is 1. The van der Waals surface area contributed by atoms with E-state index in [1.807, 2.05) is 47.8 Å². The molecule has 4 aliphatic rings. The fourth-order valence-corrected chi connectivity index (χ4v) is 9.21. The first kappa shape index (κ1) is 31.2. The van der Waals surface area contributed by atoms with E-state index in [1.54, 1.807) is 0 Å². The summed E-state index contributed by atoms with van der Waals surface area (Å²) >= 11 is 0. The van der Waals surface area contributed by atoms with Gasteiger partial charge in [0.25, 0.3) is 5.56 Å². The Balaban J connectivity index is 1.30. The van der Waals surface area contributed by atoms with Gasteiger partial charge in [0.1, 0.15) is 12.3 Å². The van der Waals surface area contributed by atoms with E-state index in [1.165, 1.54) is 57.8 Å². The van der Waals surface area contributed by atoms with E-state index in [0.29, 0.717) is 37.0 Å². The van der Waals surface area contributed by atoms with E-state index in [2.05, 4.69) is 17.0 Å². The van der Waals surface area contributed by atoms with Gasteiger partial charge in [-0.25, -0.2) is 4.98 Å². The number of carboxylic acid groups (broad SMARTS) is 1. The van der Waals surface area contributed by atoms with Gasteiger partial charge in [0.05, 0.1) is 17.5 Å². The minimum Gasteiger partial charge on any atom is -0.481 e. The lowest BCUT2D eigenvalue weighted by molar-refractivity contribution is -0.136. The van der Waals surface area contributed by atoms with Crippen LogP contribution in [0, 0.1) is 17.8 Å². The summed E-state index contributed by atoms with van der Waals surface area (Å²) in [5.74, 6) is 1.75. The van der Waals surface area contributed by atoms with Gasteiger partial charge in [-0.2, -0.15) is 0 Å². The molecule has 2 saturated carbocycles. The number of aromatic nitrogens is 2. The molecule has 3 heterocycles. The number of piperidine rings is 2. The molecule has 0 spiro atoms. The highest BCUT2D eigenvalue weighted by Gasteiger charge is 2.46. The predicted molar refractivity (Wildman–Crippen MR) is 173 cm³/mol. The summed E-state index contributed by atoms with van der Waals surface area (Å²) in [7, 11) is 3.90. The van der Waals surface area contributed by atoms with Gasteiger partial charge in [0.2, 0.25) is 0 Å². The second-order valence-electron chi connectivity index (χ2n) is 14.3. The molecule has 240 valence electrons. The normalized spacial score (nSPS) is 30.9. The predicted octanol–water partition coefficient (Wildman–Crippen LogP) is 5.71. The molecule has 4 fully saturated rings. The van der Waals surface area contributed by atoms with Crippen LogP contribution >= 0.6 is 0 Å². The number of carboxylic acids is 1. The van der Waals surface area contributed by atoms with Crippen molar-refractivity contribution in [3.05, 3.63) is 40.3 Å². The zero-order valence-electron chi connectivity index (χ0n) is 26.9. The summed E-state index contributed by atoms with van der Waals surface area (Å²) < 4.78 is 1.98. The van der Waals surface area contributed by atoms with Crippen molar-refractivity contribution in [1.29, 1.82) is 0 Å². The Hall–Kier alpha value is -2.78. The summed E-state index contributed by atoms with van der Waals surface area (Å²) in [5, 5.41) is 13.7. The Labute approximate surface area is 261 Å². The third kappa shape index (κ3) is 6.74. The monoisotopic (exact) mass is 605 g/mol. The molecule has 9 heteroatoms. The van der Waals surface area contributed by atoms with E-state index in [9.17, 15) is 14.7 Å². The second-order valence-corrected chi connectivity index (χ2v) is 14.3. The molecule has 2 aliphatic carbocycles. The van der Waals surface area contributed by atoms with Crippen molar-refractivity contribution in [3.8, 4) is 0 Å². The maximum atomic E-state index is 14.4. The molecule has 2 aromatic rings. The summed E-state index contributed by atoms with van der Waals surface area (Å²) in [6, 6.07) is 9.61. The van der Waals surface area contributed by atoms with Crippen LogP contribution in [0.25, 0.3) is 11.0 Å². The fraction of sp³-hybridized carbons (Fsp3) is 0.714. The van der Waals surface area contributed by atoms with Gasteiger partial charge in [-0.05, 0) is 102 Å². The van der Waals surface area contributed by atoms with Crippen molar-refractivity contribution in [2.75, 3.05) is 27.2 Å². The summed E-state index contributed by atoms with van der Waals surface area (Å²) in [5.41, 5.74) is 1.93. The number of oxime groups is 1. The maximum absolute atomic E-state index is 14.4. The lowest BCUT2D eigenvalue weighted by Gasteiger charge is -2.56. The minimum atomic E-state index is -0.940. The van der Waals surface area contributed by atoms with Crippen LogP contribution in [0.4, 0.5) is 0 Å². The van der Waals surface area contributed by atoms with E-state index >= 15 is 0 Å². The average Bonchev–Trinajstić information content (AvgIpc) is 2.99. The number of rotatable bonds is 11. The van der Waals surface area contributed by atoms with Gasteiger partial charge in [0.15, 0.2) is 5.69 Å². The number of hydrogen-bond acceptors (Lipinski definition) is 7. The van der Waals surface area contributed by atoms with E-state index in [4.69, 9.17) is 9.82 Å². The van der Waals surface area contributed by atoms with Crippen molar-refractivity contribution in [2.45, 2.75) is 115 Å². The molecule has 0 amide bonds. The molecule has 2 saturated heterocycles.